The summed E-state index contributed by atoms with van der Waals surface area (Å²) in [6, 6.07) is 17.2. The summed E-state index contributed by atoms with van der Waals surface area (Å²) < 4.78 is 0. The van der Waals surface area contributed by atoms with Crippen LogP contribution >= 0.6 is 11.1 Å². The number of hydrogen-bond acceptors (Lipinski definition) is 1. The lowest BCUT2D eigenvalue weighted by molar-refractivity contribution is 1.13. The van der Waals surface area contributed by atoms with Gasteiger partial charge in [0.05, 0.1) is 0 Å². The Kier molecular flexibility index (Phi) is 4.02. The van der Waals surface area contributed by atoms with Crippen molar-refractivity contribution < 1.29 is 0 Å². The molecule has 0 heterocycles. The molecule has 0 amide bonds. The molecule has 19 heavy (non-hydrogen) atoms. The minimum atomic E-state index is -2.08. The van der Waals surface area contributed by atoms with E-state index >= 15 is 0 Å². The van der Waals surface area contributed by atoms with Crippen LogP contribution in [0.3, 0.4) is 0 Å². The SMILES string of the molecule is Cc1ccc([Si](C)(Cl)c2ccc(N(C)C)cc2)cc1. The molecule has 0 bridgehead atoms. The maximum atomic E-state index is 6.90. The predicted molar refractivity (Wildman–Crippen MR) is 88.7 cm³/mol. The van der Waals surface area contributed by atoms with Gasteiger partial charge >= 0.3 is 0 Å². The van der Waals surface area contributed by atoms with Gasteiger partial charge in [-0.15, -0.1) is 0 Å². The number of benzene rings is 2. The van der Waals surface area contributed by atoms with Gasteiger partial charge in [0.15, 0.2) is 0 Å². The summed E-state index contributed by atoms with van der Waals surface area (Å²) >= 11 is 6.90. The second-order valence-corrected chi connectivity index (χ2v) is 10.7. The van der Waals surface area contributed by atoms with Gasteiger partial charge < -0.3 is 4.90 Å². The number of rotatable bonds is 3. The summed E-state index contributed by atoms with van der Waals surface area (Å²) in [7, 11) is 2.01. The molecule has 3 heteroatoms. The molecule has 2 aromatic rings. The topological polar surface area (TPSA) is 3.24 Å². The molecule has 1 nitrogen and oxygen atoms in total. The predicted octanol–water partition coefficient (Wildman–Crippen LogP) is 2.99. The van der Waals surface area contributed by atoms with Crippen LogP contribution in [0, 0.1) is 6.92 Å². The molecular formula is C16H20ClNSi. The van der Waals surface area contributed by atoms with Crippen molar-refractivity contribution in [3.8, 4) is 0 Å². The van der Waals surface area contributed by atoms with Gasteiger partial charge in [-0.25, -0.2) is 0 Å². The molecule has 0 aliphatic rings. The lowest BCUT2D eigenvalue weighted by Crippen LogP contribution is -2.50. The Labute approximate surface area is 121 Å². The highest BCUT2D eigenvalue weighted by Crippen LogP contribution is 2.14. The first-order valence-corrected chi connectivity index (χ1v) is 9.96. The van der Waals surface area contributed by atoms with E-state index in [1.165, 1.54) is 21.6 Å². The van der Waals surface area contributed by atoms with Gasteiger partial charge in [0.2, 0.25) is 7.38 Å². The third kappa shape index (κ3) is 3.02. The number of hydrogen-bond donors (Lipinski definition) is 0. The van der Waals surface area contributed by atoms with E-state index in [2.05, 4.69) is 66.9 Å². The van der Waals surface area contributed by atoms with Crippen LogP contribution in [0.4, 0.5) is 5.69 Å². The Morgan fingerprint density at radius 3 is 1.68 bits per heavy atom. The Morgan fingerprint density at radius 2 is 1.26 bits per heavy atom. The van der Waals surface area contributed by atoms with Crippen molar-refractivity contribution in [3.05, 3.63) is 54.1 Å². The van der Waals surface area contributed by atoms with Crippen molar-refractivity contribution in [2.45, 2.75) is 13.5 Å². The van der Waals surface area contributed by atoms with Crippen LogP contribution < -0.4 is 15.3 Å². The minimum Gasteiger partial charge on any atom is -0.378 e. The van der Waals surface area contributed by atoms with Gasteiger partial charge in [-0.3, -0.25) is 0 Å². The average molecular weight is 290 g/mol. The molecule has 1 atom stereocenters. The van der Waals surface area contributed by atoms with Gasteiger partial charge in [-0.1, -0.05) is 42.0 Å². The summed E-state index contributed by atoms with van der Waals surface area (Å²) in [5, 5.41) is 2.51. The fraction of sp³-hybridized carbons (Fsp3) is 0.250. The highest BCUT2D eigenvalue weighted by molar-refractivity contribution is 7.33. The molecule has 0 fully saturated rings. The Balaban J connectivity index is 2.35. The lowest BCUT2D eigenvalue weighted by atomic mass is 10.2. The van der Waals surface area contributed by atoms with Crippen LogP contribution in [-0.2, 0) is 0 Å². The lowest BCUT2D eigenvalue weighted by Gasteiger charge is -2.22. The molecule has 2 rings (SSSR count). The van der Waals surface area contributed by atoms with Gasteiger partial charge in [-0.2, -0.15) is 11.1 Å². The molecule has 2 aromatic carbocycles. The normalized spacial score (nSPS) is 13.9. The number of aryl methyl sites for hydroxylation is 1. The Hall–Kier alpha value is -1.25. The summed E-state index contributed by atoms with van der Waals surface area (Å²) in [6.45, 7) is 4.28. The van der Waals surface area contributed by atoms with E-state index in [-0.39, 0.29) is 0 Å². The van der Waals surface area contributed by atoms with Gasteiger partial charge in [-0.05, 0) is 36.0 Å². The van der Waals surface area contributed by atoms with Crippen molar-refractivity contribution in [1.82, 2.24) is 0 Å². The zero-order valence-electron chi connectivity index (χ0n) is 11.9. The second-order valence-electron chi connectivity index (χ2n) is 5.31. The van der Waals surface area contributed by atoms with E-state index in [0.29, 0.717) is 0 Å². The summed E-state index contributed by atoms with van der Waals surface area (Å²) in [5.74, 6) is 0. The molecule has 1 unspecified atom stereocenters. The first-order chi connectivity index (χ1) is 8.91. The molecule has 0 saturated heterocycles. The van der Waals surface area contributed by atoms with Crippen LogP contribution in [0.2, 0.25) is 6.55 Å². The number of anilines is 1. The summed E-state index contributed by atoms with van der Waals surface area (Å²) in [6.07, 6.45) is 0. The largest absolute Gasteiger partial charge is 0.378 e. The Morgan fingerprint density at radius 1 is 0.842 bits per heavy atom. The smallest absolute Gasteiger partial charge is 0.214 e. The molecule has 0 aliphatic carbocycles. The van der Waals surface area contributed by atoms with Crippen molar-refractivity contribution in [1.29, 1.82) is 0 Å². The van der Waals surface area contributed by atoms with E-state index in [0.717, 1.165) is 0 Å². The van der Waals surface area contributed by atoms with Gasteiger partial charge in [0, 0.05) is 19.8 Å². The van der Waals surface area contributed by atoms with Crippen molar-refractivity contribution in [3.63, 3.8) is 0 Å². The summed E-state index contributed by atoms with van der Waals surface area (Å²) in [4.78, 5) is 2.10. The zero-order chi connectivity index (χ0) is 14.0. The monoisotopic (exact) mass is 289 g/mol. The zero-order valence-corrected chi connectivity index (χ0v) is 13.7. The first kappa shape index (κ1) is 14.2. The van der Waals surface area contributed by atoms with E-state index in [9.17, 15) is 0 Å². The quantitative estimate of drug-likeness (QED) is 0.620. The van der Waals surface area contributed by atoms with E-state index in [1.54, 1.807) is 0 Å². The van der Waals surface area contributed by atoms with Crippen LogP contribution in [0.1, 0.15) is 5.56 Å². The van der Waals surface area contributed by atoms with Crippen molar-refractivity contribution in [2.24, 2.45) is 0 Å². The summed E-state index contributed by atoms with van der Waals surface area (Å²) in [5.41, 5.74) is 2.47. The molecular weight excluding hydrogens is 270 g/mol. The molecule has 0 N–H and O–H groups in total. The first-order valence-electron chi connectivity index (χ1n) is 6.45. The molecule has 0 aliphatic heterocycles. The molecule has 0 aromatic heterocycles. The maximum absolute atomic E-state index is 6.90. The maximum Gasteiger partial charge on any atom is 0.214 e. The van der Waals surface area contributed by atoms with Crippen molar-refractivity contribution >= 4 is 34.5 Å². The highest BCUT2D eigenvalue weighted by Gasteiger charge is 2.29. The highest BCUT2D eigenvalue weighted by atomic mass is 35.6. The van der Waals surface area contributed by atoms with E-state index < -0.39 is 7.38 Å². The fourth-order valence-corrected chi connectivity index (χ4v) is 4.78. The third-order valence-corrected chi connectivity index (χ3v) is 7.66. The molecule has 0 radical (unpaired) electrons. The van der Waals surface area contributed by atoms with Gasteiger partial charge in [0.25, 0.3) is 0 Å². The average Bonchev–Trinajstić information content (AvgIpc) is 2.39. The number of halogens is 1. The fourth-order valence-electron chi connectivity index (χ4n) is 2.11. The third-order valence-electron chi connectivity index (χ3n) is 3.52. The van der Waals surface area contributed by atoms with Gasteiger partial charge in [0.1, 0.15) is 0 Å². The van der Waals surface area contributed by atoms with Crippen molar-refractivity contribution in [2.75, 3.05) is 19.0 Å². The standard InChI is InChI=1S/C16H20ClNSi/c1-13-5-9-15(10-6-13)19(4,17)16-11-7-14(8-12-16)18(2)3/h5-12H,1-4H3. The van der Waals surface area contributed by atoms with Crippen LogP contribution in [-0.4, -0.2) is 21.5 Å². The number of nitrogens with zero attached hydrogens (tertiary/aromatic N) is 1. The molecule has 0 saturated carbocycles. The molecule has 0 spiro atoms. The second kappa shape index (κ2) is 5.39. The van der Waals surface area contributed by atoms with Crippen LogP contribution in [0.25, 0.3) is 0 Å². The minimum absolute atomic E-state index is 1.20. The van der Waals surface area contributed by atoms with Crippen LogP contribution in [0.5, 0.6) is 0 Å². The van der Waals surface area contributed by atoms with E-state index in [1.807, 2.05) is 14.1 Å². The van der Waals surface area contributed by atoms with E-state index in [4.69, 9.17) is 11.1 Å². The molecule has 100 valence electrons. The van der Waals surface area contributed by atoms with Crippen LogP contribution in [0.15, 0.2) is 48.5 Å². The Bertz CT molecular complexity index is 544.